The predicted octanol–water partition coefficient (Wildman–Crippen LogP) is 10.8. The van der Waals surface area contributed by atoms with E-state index < -0.39 is 0 Å². The van der Waals surface area contributed by atoms with Crippen molar-refractivity contribution in [1.29, 1.82) is 0 Å². The minimum absolute atomic E-state index is 0.0647. The number of hydrogen-bond acceptors (Lipinski definition) is 2. The number of carbonyl (C=O) groups is 1. The van der Waals surface area contributed by atoms with Crippen LogP contribution in [0.3, 0.4) is 0 Å². The topological polar surface area (TPSA) is 26.3 Å². The Kier molecular flexibility index (Phi) is 21.2. The molecule has 0 saturated carbocycles. The van der Waals surface area contributed by atoms with Gasteiger partial charge in [-0.05, 0) is 30.9 Å². The molecule has 196 valence electrons. The zero-order valence-corrected chi connectivity index (χ0v) is 22.9. The van der Waals surface area contributed by atoms with Crippen LogP contribution in [0.4, 0.5) is 0 Å². The maximum Gasteiger partial charge on any atom is 0.311 e. The lowest BCUT2D eigenvalue weighted by Crippen LogP contribution is -2.09. The first-order valence-electron chi connectivity index (χ1n) is 15.1. The second-order valence-electron chi connectivity index (χ2n) is 10.3. The van der Waals surface area contributed by atoms with Crippen LogP contribution >= 0.6 is 0 Å². The van der Waals surface area contributed by atoms with Gasteiger partial charge in [0, 0.05) is 6.42 Å². The van der Waals surface area contributed by atoms with Crippen molar-refractivity contribution in [3.05, 3.63) is 29.8 Å². The number of para-hydroxylation sites is 1. The van der Waals surface area contributed by atoms with Crippen LogP contribution in [0.2, 0.25) is 0 Å². The number of hydrogen-bond donors (Lipinski definition) is 0. The molecule has 0 aliphatic heterocycles. The molecule has 0 bridgehead atoms. The summed E-state index contributed by atoms with van der Waals surface area (Å²) < 4.78 is 5.72. The molecule has 0 unspecified atom stereocenters. The molecule has 0 aliphatic carbocycles. The molecule has 0 aliphatic rings. The van der Waals surface area contributed by atoms with Crippen LogP contribution in [0.5, 0.6) is 5.75 Å². The SMILES string of the molecule is CCCCCCCCCCCCCCCCCC(=O)Oc1ccccc1CCCCCCCC. The summed E-state index contributed by atoms with van der Waals surface area (Å²) >= 11 is 0. The monoisotopic (exact) mass is 472 g/mol. The van der Waals surface area contributed by atoms with Crippen molar-refractivity contribution in [1.82, 2.24) is 0 Å². The van der Waals surface area contributed by atoms with E-state index in [4.69, 9.17) is 4.74 Å². The summed E-state index contributed by atoms with van der Waals surface area (Å²) in [6, 6.07) is 8.10. The molecule has 2 nitrogen and oxygen atoms in total. The van der Waals surface area contributed by atoms with Gasteiger partial charge in [-0.15, -0.1) is 0 Å². The van der Waals surface area contributed by atoms with E-state index in [1.165, 1.54) is 128 Å². The number of carbonyl (C=O) groups excluding carboxylic acids is 1. The number of benzene rings is 1. The Hall–Kier alpha value is -1.31. The van der Waals surface area contributed by atoms with E-state index in [-0.39, 0.29) is 5.97 Å². The first-order valence-corrected chi connectivity index (χ1v) is 15.1. The van der Waals surface area contributed by atoms with Crippen LogP contribution in [0, 0.1) is 0 Å². The van der Waals surface area contributed by atoms with Gasteiger partial charge in [0.25, 0.3) is 0 Å². The zero-order chi connectivity index (χ0) is 24.5. The van der Waals surface area contributed by atoms with E-state index in [1.807, 2.05) is 12.1 Å². The Balaban J connectivity index is 1.99. The number of aryl methyl sites for hydroxylation is 1. The fraction of sp³-hybridized carbons (Fsp3) is 0.781. The molecular weight excluding hydrogens is 416 g/mol. The lowest BCUT2D eigenvalue weighted by molar-refractivity contribution is -0.134. The summed E-state index contributed by atoms with van der Waals surface area (Å²) in [6.45, 7) is 4.54. The largest absolute Gasteiger partial charge is 0.426 e. The van der Waals surface area contributed by atoms with Crippen molar-refractivity contribution in [2.75, 3.05) is 0 Å². The van der Waals surface area contributed by atoms with E-state index in [9.17, 15) is 4.79 Å². The number of rotatable bonds is 24. The molecule has 0 atom stereocenters. The van der Waals surface area contributed by atoms with Crippen molar-refractivity contribution in [2.45, 2.75) is 162 Å². The van der Waals surface area contributed by atoms with Crippen LogP contribution in [-0.4, -0.2) is 5.97 Å². The number of ether oxygens (including phenoxy) is 1. The Bertz CT molecular complexity index is 580. The van der Waals surface area contributed by atoms with E-state index in [1.54, 1.807) is 0 Å². The van der Waals surface area contributed by atoms with Crippen LogP contribution in [0.15, 0.2) is 24.3 Å². The highest BCUT2D eigenvalue weighted by molar-refractivity contribution is 5.72. The lowest BCUT2D eigenvalue weighted by atomic mass is 10.0. The van der Waals surface area contributed by atoms with Gasteiger partial charge in [-0.25, -0.2) is 0 Å². The molecule has 0 fully saturated rings. The van der Waals surface area contributed by atoms with Gasteiger partial charge < -0.3 is 4.74 Å². The van der Waals surface area contributed by atoms with Crippen LogP contribution in [0.25, 0.3) is 0 Å². The van der Waals surface area contributed by atoms with Crippen molar-refractivity contribution in [3.63, 3.8) is 0 Å². The maximum atomic E-state index is 12.3. The van der Waals surface area contributed by atoms with Gasteiger partial charge in [0.2, 0.25) is 0 Å². The molecule has 0 spiro atoms. The third-order valence-corrected chi connectivity index (χ3v) is 6.98. The van der Waals surface area contributed by atoms with Crippen molar-refractivity contribution in [2.24, 2.45) is 0 Å². The van der Waals surface area contributed by atoms with Gasteiger partial charge in [-0.1, -0.05) is 154 Å². The van der Waals surface area contributed by atoms with Crippen LogP contribution < -0.4 is 4.74 Å². The lowest BCUT2D eigenvalue weighted by Gasteiger charge is -2.10. The normalized spacial score (nSPS) is 11.1. The van der Waals surface area contributed by atoms with Gasteiger partial charge in [-0.3, -0.25) is 4.79 Å². The van der Waals surface area contributed by atoms with Crippen molar-refractivity contribution < 1.29 is 9.53 Å². The highest BCUT2D eigenvalue weighted by atomic mass is 16.5. The average molecular weight is 473 g/mol. The van der Waals surface area contributed by atoms with Gasteiger partial charge in [-0.2, -0.15) is 0 Å². The Morgan fingerprint density at radius 1 is 0.559 bits per heavy atom. The third kappa shape index (κ3) is 18.1. The predicted molar refractivity (Wildman–Crippen MR) is 149 cm³/mol. The quantitative estimate of drug-likeness (QED) is 0.0849. The minimum Gasteiger partial charge on any atom is -0.426 e. The van der Waals surface area contributed by atoms with Crippen molar-refractivity contribution in [3.8, 4) is 5.75 Å². The molecule has 1 aromatic rings. The molecule has 0 aromatic heterocycles. The molecule has 1 aromatic carbocycles. The molecule has 0 N–H and O–H groups in total. The second-order valence-corrected chi connectivity index (χ2v) is 10.3. The summed E-state index contributed by atoms with van der Waals surface area (Å²) in [7, 11) is 0. The summed E-state index contributed by atoms with van der Waals surface area (Å²) in [4.78, 5) is 12.3. The fourth-order valence-corrected chi connectivity index (χ4v) is 4.72. The summed E-state index contributed by atoms with van der Waals surface area (Å²) in [5.74, 6) is 0.715. The molecule has 0 heterocycles. The maximum absolute atomic E-state index is 12.3. The number of unbranched alkanes of at least 4 members (excludes halogenated alkanes) is 19. The van der Waals surface area contributed by atoms with Gasteiger partial charge in [0.15, 0.2) is 0 Å². The van der Waals surface area contributed by atoms with E-state index in [0.717, 1.165) is 25.0 Å². The fourth-order valence-electron chi connectivity index (χ4n) is 4.72. The second kappa shape index (κ2) is 23.4. The van der Waals surface area contributed by atoms with Crippen LogP contribution in [-0.2, 0) is 11.2 Å². The van der Waals surface area contributed by atoms with Gasteiger partial charge >= 0.3 is 5.97 Å². The molecule has 0 radical (unpaired) electrons. The number of esters is 1. The molecule has 34 heavy (non-hydrogen) atoms. The highest BCUT2D eigenvalue weighted by Gasteiger charge is 2.09. The van der Waals surface area contributed by atoms with E-state index >= 15 is 0 Å². The Morgan fingerprint density at radius 3 is 1.47 bits per heavy atom. The summed E-state index contributed by atoms with van der Waals surface area (Å²) in [5.41, 5.74) is 1.18. The van der Waals surface area contributed by atoms with E-state index in [0.29, 0.717) is 6.42 Å². The highest BCUT2D eigenvalue weighted by Crippen LogP contribution is 2.22. The zero-order valence-electron chi connectivity index (χ0n) is 22.9. The average Bonchev–Trinajstić information content (AvgIpc) is 2.84. The smallest absolute Gasteiger partial charge is 0.311 e. The van der Waals surface area contributed by atoms with Crippen molar-refractivity contribution >= 4 is 5.97 Å². The standard InChI is InChI=1S/C32H56O2/c1-3-5-7-9-11-12-13-14-15-16-17-18-19-21-23-29-32(33)34-31-28-25-24-27-30(31)26-22-20-10-8-6-4-2/h24-25,27-28H,3-23,26,29H2,1-2H3. The third-order valence-electron chi connectivity index (χ3n) is 6.98. The molecular formula is C32H56O2. The van der Waals surface area contributed by atoms with E-state index in [2.05, 4.69) is 26.0 Å². The molecule has 0 saturated heterocycles. The summed E-state index contributed by atoms with van der Waals surface area (Å²) in [6.07, 6.45) is 29.4. The Labute approximate surface area is 212 Å². The van der Waals surface area contributed by atoms with Crippen LogP contribution in [0.1, 0.15) is 161 Å². The first kappa shape index (κ1) is 30.7. The van der Waals surface area contributed by atoms with Gasteiger partial charge in [0.1, 0.15) is 5.75 Å². The minimum atomic E-state index is -0.0647. The molecule has 2 heteroatoms. The first-order chi connectivity index (χ1) is 16.8. The Morgan fingerprint density at radius 2 is 0.971 bits per heavy atom. The summed E-state index contributed by atoms with van der Waals surface area (Å²) in [5, 5.41) is 0. The van der Waals surface area contributed by atoms with Gasteiger partial charge in [0.05, 0.1) is 0 Å². The molecule has 1 rings (SSSR count). The molecule has 0 amide bonds.